The number of hydrogen-bond acceptors (Lipinski definition) is 2. The average molecular weight is 196 g/mol. The van der Waals surface area contributed by atoms with Gasteiger partial charge < -0.3 is 10.2 Å². The van der Waals surface area contributed by atoms with Crippen LogP contribution in [0.2, 0.25) is 0 Å². The van der Waals surface area contributed by atoms with Crippen molar-refractivity contribution in [3.05, 3.63) is 0 Å². The van der Waals surface area contributed by atoms with E-state index in [1.165, 1.54) is 12.8 Å². The second-order valence-electron chi connectivity index (χ2n) is 4.57. The highest BCUT2D eigenvalue weighted by Gasteiger charge is 2.30. The molecule has 0 aromatic carbocycles. The Bertz CT molecular complexity index is 211. The Labute approximate surface area is 85.8 Å². The Morgan fingerprint density at radius 3 is 2.71 bits per heavy atom. The third-order valence-corrected chi connectivity index (χ3v) is 3.49. The predicted molar refractivity (Wildman–Crippen MR) is 56.0 cm³/mol. The van der Waals surface area contributed by atoms with E-state index in [1.54, 1.807) is 0 Å². The Morgan fingerprint density at radius 2 is 2.07 bits per heavy atom. The first kappa shape index (κ1) is 9.97. The van der Waals surface area contributed by atoms with Crippen molar-refractivity contribution in [3.63, 3.8) is 0 Å². The monoisotopic (exact) mass is 196 g/mol. The van der Waals surface area contributed by atoms with Crippen molar-refractivity contribution in [2.24, 2.45) is 5.92 Å². The fourth-order valence-corrected chi connectivity index (χ4v) is 2.58. The first-order valence-electron chi connectivity index (χ1n) is 5.80. The molecule has 0 spiro atoms. The standard InChI is InChI=1S/C11H20N2O/c1-9-8-12-6-7-13(9)11(14)10-4-2-3-5-10/h9-10,12H,2-8H2,1H3. The van der Waals surface area contributed by atoms with E-state index in [-0.39, 0.29) is 0 Å². The molecule has 3 nitrogen and oxygen atoms in total. The average Bonchev–Trinajstić information content (AvgIpc) is 2.70. The summed E-state index contributed by atoms with van der Waals surface area (Å²) in [5, 5.41) is 3.32. The molecule has 1 heterocycles. The summed E-state index contributed by atoms with van der Waals surface area (Å²) < 4.78 is 0. The number of piperazine rings is 1. The quantitative estimate of drug-likeness (QED) is 0.678. The van der Waals surface area contributed by atoms with Crippen LogP contribution >= 0.6 is 0 Å². The van der Waals surface area contributed by atoms with Gasteiger partial charge >= 0.3 is 0 Å². The topological polar surface area (TPSA) is 32.3 Å². The summed E-state index contributed by atoms with van der Waals surface area (Å²) in [4.78, 5) is 14.2. The molecule has 2 aliphatic rings. The smallest absolute Gasteiger partial charge is 0.226 e. The van der Waals surface area contributed by atoms with Crippen LogP contribution in [0.15, 0.2) is 0 Å². The second kappa shape index (κ2) is 4.30. The summed E-state index contributed by atoms with van der Waals surface area (Å²) in [6.45, 7) is 4.96. The predicted octanol–water partition coefficient (Wildman–Crippen LogP) is 0.997. The molecule has 1 amide bonds. The van der Waals surface area contributed by atoms with Gasteiger partial charge in [-0.25, -0.2) is 0 Å². The lowest BCUT2D eigenvalue weighted by Crippen LogP contribution is -2.53. The summed E-state index contributed by atoms with van der Waals surface area (Å²) in [6, 6.07) is 0.386. The molecule has 1 atom stereocenters. The van der Waals surface area contributed by atoms with Crippen LogP contribution in [-0.2, 0) is 4.79 Å². The third-order valence-electron chi connectivity index (χ3n) is 3.49. The zero-order valence-corrected chi connectivity index (χ0v) is 8.96. The largest absolute Gasteiger partial charge is 0.337 e. The molecule has 14 heavy (non-hydrogen) atoms. The summed E-state index contributed by atoms with van der Waals surface area (Å²) >= 11 is 0. The van der Waals surface area contributed by atoms with Crippen molar-refractivity contribution < 1.29 is 4.79 Å². The van der Waals surface area contributed by atoms with E-state index in [2.05, 4.69) is 17.1 Å². The van der Waals surface area contributed by atoms with Gasteiger partial charge in [0.15, 0.2) is 0 Å². The Kier molecular flexibility index (Phi) is 3.06. The Hall–Kier alpha value is -0.570. The summed E-state index contributed by atoms with van der Waals surface area (Å²) in [7, 11) is 0. The molecule has 1 N–H and O–H groups in total. The number of rotatable bonds is 1. The molecular weight excluding hydrogens is 176 g/mol. The van der Waals surface area contributed by atoms with E-state index in [0.717, 1.165) is 32.5 Å². The lowest BCUT2D eigenvalue weighted by atomic mass is 10.0. The second-order valence-corrected chi connectivity index (χ2v) is 4.57. The van der Waals surface area contributed by atoms with Crippen molar-refractivity contribution in [2.75, 3.05) is 19.6 Å². The van der Waals surface area contributed by atoms with Crippen LogP contribution < -0.4 is 5.32 Å². The molecule has 1 aliphatic carbocycles. The minimum Gasteiger partial charge on any atom is -0.337 e. The molecule has 0 aromatic rings. The highest BCUT2D eigenvalue weighted by Crippen LogP contribution is 2.27. The van der Waals surface area contributed by atoms with Gasteiger partial charge in [-0.15, -0.1) is 0 Å². The minimum atomic E-state index is 0.343. The Morgan fingerprint density at radius 1 is 1.36 bits per heavy atom. The number of nitrogens with zero attached hydrogens (tertiary/aromatic N) is 1. The summed E-state index contributed by atoms with van der Waals surface area (Å²) in [6.07, 6.45) is 4.73. The molecule has 80 valence electrons. The van der Waals surface area contributed by atoms with Crippen molar-refractivity contribution in [1.29, 1.82) is 0 Å². The molecule has 1 saturated heterocycles. The molecule has 2 fully saturated rings. The van der Waals surface area contributed by atoms with E-state index in [1.807, 2.05) is 0 Å². The van der Waals surface area contributed by atoms with Crippen LogP contribution in [0.4, 0.5) is 0 Å². The number of amides is 1. The number of hydrogen-bond donors (Lipinski definition) is 1. The number of nitrogens with one attached hydrogen (secondary N) is 1. The lowest BCUT2D eigenvalue weighted by Gasteiger charge is -2.35. The molecular formula is C11H20N2O. The SMILES string of the molecule is CC1CNCCN1C(=O)C1CCCC1. The van der Waals surface area contributed by atoms with Gasteiger partial charge in [0.25, 0.3) is 0 Å². The molecule has 0 radical (unpaired) electrons. The van der Waals surface area contributed by atoms with Gasteiger partial charge in [0.1, 0.15) is 0 Å². The van der Waals surface area contributed by atoms with Crippen LogP contribution in [0.1, 0.15) is 32.6 Å². The van der Waals surface area contributed by atoms with Gasteiger partial charge in [-0.2, -0.15) is 0 Å². The first-order valence-corrected chi connectivity index (χ1v) is 5.80. The van der Waals surface area contributed by atoms with Crippen LogP contribution in [0.5, 0.6) is 0 Å². The maximum Gasteiger partial charge on any atom is 0.226 e. The zero-order chi connectivity index (χ0) is 9.97. The van der Waals surface area contributed by atoms with Gasteiger partial charge in [-0.1, -0.05) is 12.8 Å². The van der Waals surface area contributed by atoms with Crippen LogP contribution in [-0.4, -0.2) is 36.5 Å². The highest BCUT2D eigenvalue weighted by molar-refractivity contribution is 5.79. The molecule has 1 saturated carbocycles. The summed E-state index contributed by atoms with van der Waals surface area (Å²) in [5.74, 6) is 0.757. The van der Waals surface area contributed by atoms with E-state index >= 15 is 0 Å². The van der Waals surface area contributed by atoms with E-state index in [0.29, 0.717) is 17.9 Å². The molecule has 1 unspecified atom stereocenters. The fourth-order valence-electron chi connectivity index (χ4n) is 2.58. The van der Waals surface area contributed by atoms with Crippen LogP contribution in [0.25, 0.3) is 0 Å². The van der Waals surface area contributed by atoms with Gasteiger partial charge in [0, 0.05) is 31.6 Å². The van der Waals surface area contributed by atoms with Crippen molar-refractivity contribution in [2.45, 2.75) is 38.6 Å². The normalized spacial score (nSPS) is 29.5. The zero-order valence-electron chi connectivity index (χ0n) is 8.96. The highest BCUT2D eigenvalue weighted by atomic mass is 16.2. The Balaban J connectivity index is 1.94. The lowest BCUT2D eigenvalue weighted by molar-refractivity contribution is -0.138. The number of carbonyl (C=O) groups is 1. The minimum absolute atomic E-state index is 0.343. The molecule has 0 aromatic heterocycles. The first-order chi connectivity index (χ1) is 6.79. The van der Waals surface area contributed by atoms with E-state index in [9.17, 15) is 4.79 Å². The third kappa shape index (κ3) is 1.92. The molecule has 3 heteroatoms. The van der Waals surface area contributed by atoms with Crippen LogP contribution in [0.3, 0.4) is 0 Å². The molecule has 1 aliphatic heterocycles. The van der Waals surface area contributed by atoms with Crippen molar-refractivity contribution in [1.82, 2.24) is 10.2 Å². The van der Waals surface area contributed by atoms with Crippen molar-refractivity contribution >= 4 is 5.91 Å². The van der Waals surface area contributed by atoms with Crippen LogP contribution in [0, 0.1) is 5.92 Å². The maximum absolute atomic E-state index is 12.1. The van der Waals surface area contributed by atoms with E-state index in [4.69, 9.17) is 0 Å². The van der Waals surface area contributed by atoms with Gasteiger partial charge in [0.05, 0.1) is 0 Å². The van der Waals surface area contributed by atoms with Gasteiger partial charge in [-0.3, -0.25) is 4.79 Å². The summed E-state index contributed by atoms with van der Waals surface area (Å²) in [5.41, 5.74) is 0. The number of carbonyl (C=O) groups excluding carboxylic acids is 1. The fraction of sp³-hybridized carbons (Fsp3) is 0.909. The molecule has 2 rings (SSSR count). The van der Waals surface area contributed by atoms with E-state index < -0.39 is 0 Å². The molecule has 0 bridgehead atoms. The van der Waals surface area contributed by atoms with Gasteiger partial charge in [0.2, 0.25) is 5.91 Å². The van der Waals surface area contributed by atoms with Gasteiger partial charge in [-0.05, 0) is 19.8 Å². The van der Waals surface area contributed by atoms with Crippen molar-refractivity contribution in [3.8, 4) is 0 Å². The maximum atomic E-state index is 12.1.